The van der Waals surface area contributed by atoms with Gasteiger partial charge in [-0.1, -0.05) is 43.1 Å². The van der Waals surface area contributed by atoms with Gasteiger partial charge in [0.1, 0.15) is 0 Å². The molecule has 2 aromatic rings. The van der Waals surface area contributed by atoms with E-state index < -0.39 is 10.0 Å². The molecule has 0 aliphatic carbocycles. The van der Waals surface area contributed by atoms with Gasteiger partial charge < -0.3 is 5.32 Å². The molecule has 28 heavy (non-hydrogen) atoms. The van der Waals surface area contributed by atoms with E-state index in [1.165, 1.54) is 4.31 Å². The van der Waals surface area contributed by atoms with Crippen LogP contribution < -0.4 is 9.62 Å². The number of benzene rings is 2. The van der Waals surface area contributed by atoms with Crippen LogP contribution >= 0.6 is 23.2 Å². The maximum absolute atomic E-state index is 12.4. The van der Waals surface area contributed by atoms with E-state index >= 15 is 0 Å². The second kappa shape index (κ2) is 9.16. The number of hydrogen-bond donors (Lipinski definition) is 1. The van der Waals surface area contributed by atoms with Crippen LogP contribution in [0, 0.1) is 5.92 Å². The van der Waals surface area contributed by atoms with E-state index in [4.69, 9.17) is 23.2 Å². The van der Waals surface area contributed by atoms with Gasteiger partial charge >= 0.3 is 0 Å². The van der Waals surface area contributed by atoms with Crippen molar-refractivity contribution in [2.24, 2.45) is 5.92 Å². The lowest BCUT2D eigenvalue weighted by Gasteiger charge is -2.24. The van der Waals surface area contributed by atoms with Crippen molar-refractivity contribution >= 4 is 44.8 Å². The van der Waals surface area contributed by atoms with Crippen LogP contribution in [0.4, 0.5) is 5.69 Å². The lowest BCUT2D eigenvalue weighted by atomic mass is 10.1. The highest BCUT2D eigenvalue weighted by Gasteiger charge is 2.21. The number of rotatable bonds is 7. The van der Waals surface area contributed by atoms with Crippen LogP contribution in [-0.4, -0.2) is 26.6 Å². The number of anilines is 1. The topological polar surface area (TPSA) is 66.5 Å². The van der Waals surface area contributed by atoms with Gasteiger partial charge in [0.2, 0.25) is 10.0 Å². The molecule has 1 atom stereocenters. The van der Waals surface area contributed by atoms with Crippen molar-refractivity contribution in [3.8, 4) is 0 Å². The second-order valence-electron chi connectivity index (χ2n) is 7.02. The standard InChI is InChI=1S/C20H24Cl2N2O3S/c1-13(2)14(3)23-20(25)15-8-10-16(11-9-15)24(28(4,26)27)12-17-18(21)6-5-7-19(17)22/h5-11,13-14H,12H2,1-4H3,(H,23,25). The highest BCUT2D eigenvalue weighted by atomic mass is 35.5. The van der Waals surface area contributed by atoms with Crippen LogP contribution in [-0.2, 0) is 16.6 Å². The predicted octanol–water partition coefficient (Wildman–Crippen LogP) is 4.73. The average Bonchev–Trinajstić information content (AvgIpc) is 2.60. The Bertz CT molecular complexity index is 924. The van der Waals surface area contributed by atoms with Gasteiger partial charge in [0.05, 0.1) is 18.5 Å². The first-order chi connectivity index (χ1) is 13.0. The van der Waals surface area contributed by atoms with Crippen LogP contribution in [0.15, 0.2) is 42.5 Å². The fourth-order valence-corrected chi connectivity index (χ4v) is 3.85. The lowest BCUT2D eigenvalue weighted by Crippen LogP contribution is -2.36. The molecule has 0 fully saturated rings. The summed E-state index contributed by atoms with van der Waals surface area (Å²) in [7, 11) is -3.60. The minimum Gasteiger partial charge on any atom is -0.349 e. The normalized spacial score (nSPS) is 12.7. The fourth-order valence-electron chi connectivity index (χ4n) is 2.46. The Morgan fingerprint density at radius 1 is 1.04 bits per heavy atom. The number of nitrogens with one attached hydrogen (secondary N) is 1. The molecule has 2 aromatic carbocycles. The monoisotopic (exact) mass is 442 g/mol. The van der Waals surface area contributed by atoms with Crippen LogP contribution in [0.1, 0.15) is 36.7 Å². The third kappa shape index (κ3) is 5.63. The zero-order valence-electron chi connectivity index (χ0n) is 16.2. The molecule has 0 aliphatic heterocycles. The number of carbonyl (C=O) groups excluding carboxylic acids is 1. The first kappa shape index (κ1) is 22.5. The molecule has 0 spiro atoms. The van der Waals surface area contributed by atoms with Crippen molar-refractivity contribution in [1.82, 2.24) is 5.32 Å². The summed E-state index contributed by atoms with van der Waals surface area (Å²) in [5.74, 6) is 0.108. The average molecular weight is 443 g/mol. The van der Waals surface area contributed by atoms with E-state index in [9.17, 15) is 13.2 Å². The third-order valence-corrected chi connectivity index (χ3v) is 6.39. The molecule has 152 valence electrons. The van der Waals surface area contributed by atoms with Crippen molar-refractivity contribution in [2.75, 3.05) is 10.6 Å². The molecule has 5 nitrogen and oxygen atoms in total. The van der Waals surface area contributed by atoms with Crippen molar-refractivity contribution in [1.29, 1.82) is 0 Å². The van der Waals surface area contributed by atoms with Crippen molar-refractivity contribution < 1.29 is 13.2 Å². The van der Waals surface area contributed by atoms with E-state index in [2.05, 4.69) is 5.32 Å². The summed E-state index contributed by atoms with van der Waals surface area (Å²) in [4.78, 5) is 12.3. The summed E-state index contributed by atoms with van der Waals surface area (Å²) in [6, 6.07) is 11.4. The van der Waals surface area contributed by atoms with E-state index in [-0.39, 0.29) is 18.5 Å². The van der Waals surface area contributed by atoms with E-state index in [1.54, 1.807) is 42.5 Å². The molecule has 0 saturated carbocycles. The molecule has 0 aliphatic rings. The SMILES string of the molecule is CC(C)C(C)NC(=O)c1ccc(N(Cc2c(Cl)cccc2Cl)S(C)(=O)=O)cc1. The summed E-state index contributed by atoms with van der Waals surface area (Å²) in [5, 5.41) is 3.70. The molecular formula is C20H24Cl2N2O3S. The number of sulfonamides is 1. The lowest BCUT2D eigenvalue weighted by molar-refractivity contribution is 0.0930. The van der Waals surface area contributed by atoms with Gasteiger partial charge in [0.25, 0.3) is 5.91 Å². The molecule has 1 unspecified atom stereocenters. The Morgan fingerprint density at radius 2 is 1.57 bits per heavy atom. The summed E-state index contributed by atoms with van der Waals surface area (Å²) >= 11 is 12.4. The zero-order chi connectivity index (χ0) is 21.1. The number of hydrogen-bond acceptors (Lipinski definition) is 3. The minimum absolute atomic E-state index is 0.00668. The molecular weight excluding hydrogens is 419 g/mol. The molecule has 0 heterocycles. The number of carbonyl (C=O) groups is 1. The van der Waals surface area contributed by atoms with Gasteiger partial charge in [0, 0.05) is 27.2 Å². The predicted molar refractivity (Wildman–Crippen MR) is 116 cm³/mol. The first-order valence-corrected chi connectivity index (χ1v) is 11.4. The summed E-state index contributed by atoms with van der Waals surface area (Å²) in [6.45, 7) is 5.98. The number of halogens is 2. The van der Waals surface area contributed by atoms with Gasteiger partial charge in [-0.2, -0.15) is 0 Å². The van der Waals surface area contributed by atoms with E-state index in [0.717, 1.165) is 6.26 Å². The quantitative estimate of drug-likeness (QED) is 0.673. The van der Waals surface area contributed by atoms with Gasteiger partial charge in [0.15, 0.2) is 0 Å². The fraction of sp³-hybridized carbons (Fsp3) is 0.350. The highest BCUT2D eigenvalue weighted by Crippen LogP contribution is 2.29. The molecule has 0 radical (unpaired) electrons. The Labute approximate surface area is 176 Å². The van der Waals surface area contributed by atoms with Gasteiger partial charge in [-0.25, -0.2) is 8.42 Å². The van der Waals surface area contributed by atoms with E-state index in [0.29, 0.717) is 32.8 Å². The Morgan fingerprint density at radius 3 is 2.04 bits per heavy atom. The molecule has 1 N–H and O–H groups in total. The molecule has 0 bridgehead atoms. The third-order valence-electron chi connectivity index (χ3n) is 4.54. The molecule has 8 heteroatoms. The van der Waals surface area contributed by atoms with Gasteiger partial charge in [-0.05, 0) is 49.2 Å². The minimum atomic E-state index is -3.60. The van der Waals surface area contributed by atoms with Gasteiger partial charge in [-0.15, -0.1) is 0 Å². The van der Waals surface area contributed by atoms with Crippen LogP contribution in [0.2, 0.25) is 10.0 Å². The largest absolute Gasteiger partial charge is 0.349 e. The second-order valence-corrected chi connectivity index (χ2v) is 9.74. The Kier molecular flexibility index (Phi) is 7.37. The summed E-state index contributed by atoms with van der Waals surface area (Å²) < 4.78 is 25.9. The highest BCUT2D eigenvalue weighted by molar-refractivity contribution is 7.92. The summed E-state index contributed by atoms with van der Waals surface area (Å²) in [6.07, 6.45) is 1.11. The van der Waals surface area contributed by atoms with Gasteiger partial charge in [-0.3, -0.25) is 9.10 Å². The Balaban J connectivity index is 2.30. The zero-order valence-corrected chi connectivity index (χ0v) is 18.6. The van der Waals surface area contributed by atoms with Crippen LogP contribution in [0.5, 0.6) is 0 Å². The van der Waals surface area contributed by atoms with Crippen LogP contribution in [0.25, 0.3) is 0 Å². The Hall–Kier alpha value is -1.76. The maximum atomic E-state index is 12.4. The van der Waals surface area contributed by atoms with Crippen molar-refractivity contribution in [2.45, 2.75) is 33.4 Å². The molecule has 0 aromatic heterocycles. The molecule has 1 amide bonds. The number of amides is 1. The summed E-state index contributed by atoms with van der Waals surface area (Å²) in [5.41, 5.74) is 1.40. The van der Waals surface area contributed by atoms with E-state index in [1.807, 2.05) is 20.8 Å². The smallest absolute Gasteiger partial charge is 0.251 e. The maximum Gasteiger partial charge on any atom is 0.251 e. The van der Waals surface area contributed by atoms with Crippen molar-refractivity contribution in [3.05, 3.63) is 63.6 Å². The first-order valence-electron chi connectivity index (χ1n) is 8.82. The van der Waals surface area contributed by atoms with Crippen LogP contribution in [0.3, 0.4) is 0 Å². The number of nitrogens with zero attached hydrogens (tertiary/aromatic N) is 1. The molecule has 0 saturated heterocycles. The molecule has 2 rings (SSSR count). The van der Waals surface area contributed by atoms with Crippen molar-refractivity contribution in [3.63, 3.8) is 0 Å².